The monoisotopic (exact) mass is 210 g/mol. The van der Waals surface area contributed by atoms with Crippen molar-refractivity contribution in [2.45, 2.75) is 70.0 Å². The van der Waals surface area contributed by atoms with Crippen LogP contribution in [0.2, 0.25) is 0 Å². The maximum Gasteiger partial charge on any atom is 0.00950 e. The smallest absolute Gasteiger partial charge is 0.00950 e. The summed E-state index contributed by atoms with van der Waals surface area (Å²) in [4.78, 5) is 2.61. The molecule has 2 fully saturated rings. The van der Waals surface area contributed by atoms with Crippen LogP contribution in [0.15, 0.2) is 0 Å². The fraction of sp³-hybridized carbons (Fsp3) is 1.00. The Morgan fingerprint density at radius 1 is 1.20 bits per heavy atom. The minimum atomic E-state index is 0.755. The summed E-state index contributed by atoms with van der Waals surface area (Å²) in [5.74, 6) is 0. The van der Waals surface area contributed by atoms with Crippen molar-refractivity contribution in [2.24, 2.45) is 0 Å². The first-order valence-corrected chi connectivity index (χ1v) is 6.72. The van der Waals surface area contributed by atoms with E-state index < -0.39 is 0 Å². The minimum absolute atomic E-state index is 0.755. The van der Waals surface area contributed by atoms with E-state index in [2.05, 4.69) is 24.2 Å². The molecule has 0 amide bonds. The Morgan fingerprint density at radius 2 is 2.00 bits per heavy atom. The molecule has 0 aromatic heterocycles. The van der Waals surface area contributed by atoms with Crippen LogP contribution in [0.3, 0.4) is 0 Å². The van der Waals surface area contributed by atoms with Gasteiger partial charge in [0.15, 0.2) is 0 Å². The molecule has 2 atom stereocenters. The van der Waals surface area contributed by atoms with Crippen LogP contribution in [0.1, 0.15) is 51.9 Å². The molecule has 2 heteroatoms. The summed E-state index contributed by atoms with van der Waals surface area (Å²) in [6.45, 7) is 3.64. The largest absolute Gasteiger partial charge is 0.314 e. The number of hydrogen-bond donors (Lipinski definition) is 1. The van der Waals surface area contributed by atoms with Crippen molar-refractivity contribution in [3.05, 3.63) is 0 Å². The van der Waals surface area contributed by atoms with E-state index >= 15 is 0 Å². The average molecular weight is 210 g/mol. The maximum absolute atomic E-state index is 3.65. The second kappa shape index (κ2) is 5.31. The van der Waals surface area contributed by atoms with Gasteiger partial charge >= 0.3 is 0 Å². The van der Waals surface area contributed by atoms with Gasteiger partial charge in [-0.05, 0) is 52.6 Å². The molecule has 0 spiro atoms. The van der Waals surface area contributed by atoms with E-state index in [1.807, 2.05) is 0 Å². The summed E-state index contributed by atoms with van der Waals surface area (Å²) in [6, 6.07) is 2.44. The molecule has 1 N–H and O–H groups in total. The molecule has 1 heterocycles. The zero-order valence-corrected chi connectivity index (χ0v) is 10.3. The van der Waals surface area contributed by atoms with Gasteiger partial charge in [0.05, 0.1) is 0 Å². The molecule has 0 radical (unpaired) electrons. The highest BCUT2D eigenvalue weighted by atomic mass is 15.2. The summed E-state index contributed by atoms with van der Waals surface area (Å²) >= 11 is 0. The fourth-order valence-corrected chi connectivity index (χ4v) is 2.86. The van der Waals surface area contributed by atoms with Crippen molar-refractivity contribution in [1.29, 1.82) is 0 Å². The minimum Gasteiger partial charge on any atom is -0.314 e. The highest BCUT2D eigenvalue weighted by molar-refractivity contribution is 4.84. The molecule has 1 aliphatic carbocycles. The van der Waals surface area contributed by atoms with Crippen LogP contribution >= 0.6 is 0 Å². The van der Waals surface area contributed by atoms with Crippen molar-refractivity contribution in [3.8, 4) is 0 Å². The molecule has 2 nitrogen and oxygen atoms in total. The quantitative estimate of drug-likeness (QED) is 0.766. The Labute approximate surface area is 94.4 Å². The van der Waals surface area contributed by atoms with Crippen molar-refractivity contribution >= 4 is 0 Å². The van der Waals surface area contributed by atoms with E-state index in [0.29, 0.717) is 0 Å². The van der Waals surface area contributed by atoms with Gasteiger partial charge in [-0.1, -0.05) is 12.8 Å². The summed E-state index contributed by atoms with van der Waals surface area (Å²) < 4.78 is 0. The molecular weight excluding hydrogens is 184 g/mol. The number of nitrogens with one attached hydrogen (secondary N) is 1. The second-order valence-electron chi connectivity index (χ2n) is 5.48. The molecule has 0 aromatic carbocycles. The third-order valence-corrected chi connectivity index (χ3v) is 4.38. The Bertz CT molecular complexity index is 183. The highest BCUT2D eigenvalue weighted by Gasteiger charge is 2.26. The summed E-state index contributed by atoms with van der Waals surface area (Å²) in [7, 11) is 2.32. The van der Waals surface area contributed by atoms with Crippen molar-refractivity contribution in [3.63, 3.8) is 0 Å². The number of hydrogen-bond acceptors (Lipinski definition) is 2. The summed E-state index contributed by atoms with van der Waals surface area (Å²) in [5, 5.41) is 3.65. The molecule has 0 bridgehead atoms. The zero-order valence-electron chi connectivity index (χ0n) is 10.3. The number of nitrogens with zero attached hydrogens (tertiary/aromatic N) is 1. The van der Waals surface area contributed by atoms with Crippen LogP contribution in [0.25, 0.3) is 0 Å². The number of piperidine rings is 1. The lowest BCUT2D eigenvalue weighted by Crippen LogP contribution is -2.46. The van der Waals surface area contributed by atoms with E-state index in [-0.39, 0.29) is 0 Å². The normalized spacial score (nSPS) is 30.2. The van der Waals surface area contributed by atoms with Gasteiger partial charge in [0, 0.05) is 18.1 Å². The first kappa shape index (κ1) is 11.4. The van der Waals surface area contributed by atoms with E-state index in [1.165, 1.54) is 51.5 Å². The lowest BCUT2D eigenvalue weighted by Gasteiger charge is -2.40. The Kier molecular flexibility index (Phi) is 4.04. The molecule has 15 heavy (non-hydrogen) atoms. The predicted octanol–water partition coefficient (Wildman–Crippen LogP) is 2.39. The van der Waals surface area contributed by atoms with E-state index in [9.17, 15) is 0 Å². The van der Waals surface area contributed by atoms with Gasteiger partial charge in [-0.3, -0.25) is 0 Å². The predicted molar refractivity (Wildman–Crippen MR) is 65.1 cm³/mol. The molecule has 1 saturated heterocycles. The third kappa shape index (κ3) is 2.94. The van der Waals surface area contributed by atoms with E-state index in [4.69, 9.17) is 0 Å². The van der Waals surface area contributed by atoms with Crippen LogP contribution in [-0.4, -0.2) is 36.6 Å². The standard InChI is InChI=1S/C13H26N2/c1-11(15(2)13-7-5-8-13)10-12-6-3-4-9-14-12/h11-14H,3-10H2,1-2H3. The Hall–Kier alpha value is -0.0800. The molecule has 88 valence electrons. The second-order valence-corrected chi connectivity index (χ2v) is 5.48. The van der Waals surface area contributed by atoms with Crippen LogP contribution in [0.4, 0.5) is 0 Å². The number of rotatable bonds is 4. The van der Waals surface area contributed by atoms with Crippen LogP contribution in [0.5, 0.6) is 0 Å². The van der Waals surface area contributed by atoms with Crippen LogP contribution in [-0.2, 0) is 0 Å². The van der Waals surface area contributed by atoms with Gasteiger partial charge < -0.3 is 10.2 Å². The molecule has 1 aliphatic heterocycles. The van der Waals surface area contributed by atoms with Crippen molar-refractivity contribution < 1.29 is 0 Å². The van der Waals surface area contributed by atoms with Gasteiger partial charge in [-0.25, -0.2) is 0 Å². The molecule has 2 unspecified atom stereocenters. The van der Waals surface area contributed by atoms with Crippen molar-refractivity contribution in [1.82, 2.24) is 10.2 Å². The van der Waals surface area contributed by atoms with Crippen molar-refractivity contribution in [2.75, 3.05) is 13.6 Å². The molecule has 0 aromatic rings. The first-order chi connectivity index (χ1) is 7.27. The lowest BCUT2D eigenvalue weighted by atomic mass is 9.89. The van der Waals surface area contributed by atoms with E-state index in [0.717, 1.165) is 18.1 Å². The molecular formula is C13H26N2. The van der Waals surface area contributed by atoms with Gasteiger partial charge in [-0.15, -0.1) is 0 Å². The van der Waals surface area contributed by atoms with Gasteiger partial charge in [0.25, 0.3) is 0 Å². The van der Waals surface area contributed by atoms with E-state index in [1.54, 1.807) is 0 Å². The SMILES string of the molecule is CC(CC1CCCCN1)N(C)C1CCC1. The Morgan fingerprint density at radius 3 is 2.53 bits per heavy atom. The molecule has 2 rings (SSSR count). The van der Waals surface area contributed by atoms with Crippen LogP contribution < -0.4 is 5.32 Å². The zero-order chi connectivity index (χ0) is 10.7. The summed E-state index contributed by atoms with van der Waals surface area (Å²) in [5.41, 5.74) is 0. The maximum atomic E-state index is 3.65. The first-order valence-electron chi connectivity index (χ1n) is 6.72. The Balaban J connectivity index is 1.72. The molecule has 1 saturated carbocycles. The average Bonchev–Trinajstić information content (AvgIpc) is 2.16. The summed E-state index contributed by atoms with van der Waals surface area (Å²) in [6.07, 6.45) is 9.85. The highest BCUT2D eigenvalue weighted by Crippen LogP contribution is 2.26. The lowest BCUT2D eigenvalue weighted by molar-refractivity contribution is 0.105. The third-order valence-electron chi connectivity index (χ3n) is 4.38. The van der Waals surface area contributed by atoms with Gasteiger partial charge in [0.2, 0.25) is 0 Å². The van der Waals surface area contributed by atoms with Crippen LogP contribution in [0, 0.1) is 0 Å². The topological polar surface area (TPSA) is 15.3 Å². The van der Waals surface area contributed by atoms with Gasteiger partial charge in [0.1, 0.15) is 0 Å². The fourth-order valence-electron chi connectivity index (χ4n) is 2.86. The van der Waals surface area contributed by atoms with Gasteiger partial charge in [-0.2, -0.15) is 0 Å². The molecule has 2 aliphatic rings.